The number of pyridine rings is 1. The van der Waals surface area contributed by atoms with Crippen LogP contribution in [0.5, 0.6) is 0 Å². The molecule has 2 rings (SSSR count). The zero-order valence-electron chi connectivity index (χ0n) is 11.6. The summed E-state index contributed by atoms with van der Waals surface area (Å²) in [6, 6.07) is 1.83. The molecular formula is C14H19Cl2N3O. The molecule has 0 aromatic carbocycles. The molecule has 2 heterocycles. The molecule has 0 fully saturated rings. The number of aryl methyl sites for hydroxylation is 1. The molecule has 0 aliphatic carbocycles. The summed E-state index contributed by atoms with van der Waals surface area (Å²) in [4.78, 5) is 8.92. The van der Waals surface area contributed by atoms with Gasteiger partial charge in [-0.25, -0.2) is 9.97 Å². The van der Waals surface area contributed by atoms with E-state index in [0.29, 0.717) is 23.9 Å². The van der Waals surface area contributed by atoms with Crippen molar-refractivity contribution in [2.45, 2.75) is 32.7 Å². The van der Waals surface area contributed by atoms with Crippen molar-refractivity contribution in [3.05, 3.63) is 23.1 Å². The van der Waals surface area contributed by atoms with Crippen LogP contribution in [-0.2, 0) is 17.7 Å². The van der Waals surface area contributed by atoms with Gasteiger partial charge in [0.15, 0.2) is 5.65 Å². The Labute approximate surface area is 129 Å². The fraction of sp³-hybridized carbons (Fsp3) is 0.571. The van der Waals surface area contributed by atoms with E-state index in [0.717, 1.165) is 43.0 Å². The van der Waals surface area contributed by atoms with Crippen molar-refractivity contribution < 1.29 is 4.74 Å². The summed E-state index contributed by atoms with van der Waals surface area (Å²) in [5.74, 6) is 1.47. The summed E-state index contributed by atoms with van der Waals surface area (Å²) in [5.41, 5.74) is 1.65. The number of aromatic nitrogens is 3. The Hall–Kier alpha value is -0.840. The maximum atomic E-state index is 5.96. The second kappa shape index (κ2) is 7.81. The SMILES string of the molecule is CCCCOCCn1c(CCCl)nc2cc(Cl)cnc21. The van der Waals surface area contributed by atoms with Gasteiger partial charge in [-0.05, 0) is 12.5 Å². The van der Waals surface area contributed by atoms with Gasteiger partial charge >= 0.3 is 0 Å². The molecule has 0 N–H and O–H groups in total. The zero-order valence-corrected chi connectivity index (χ0v) is 13.1. The molecule has 0 aliphatic rings. The number of rotatable bonds is 8. The number of alkyl halides is 1. The summed E-state index contributed by atoms with van der Waals surface area (Å²) in [6.07, 6.45) is 4.59. The minimum atomic E-state index is 0.535. The molecule has 0 spiro atoms. The Kier molecular flexibility index (Phi) is 6.07. The van der Waals surface area contributed by atoms with Crippen LogP contribution in [0.2, 0.25) is 5.02 Å². The van der Waals surface area contributed by atoms with Crippen molar-refractivity contribution in [2.24, 2.45) is 0 Å². The number of hydrogen-bond donors (Lipinski definition) is 0. The van der Waals surface area contributed by atoms with Gasteiger partial charge in [0.1, 0.15) is 11.3 Å². The predicted molar refractivity (Wildman–Crippen MR) is 82.7 cm³/mol. The van der Waals surface area contributed by atoms with Crippen LogP contribution in [0.4, 0.5) is 0 Å². The van der Waals surface area contributed by atoms with Gasteiger partial charge in [-0.3, -0.25) is 0 Å². The molecule has 20 heavy (non-hydrogen) atoms. The van der Waals surface area contributed by atoms with Gasteiger partial charge in [0, 0.05) is 31.6 Å². The molecule has 0 saturated heterocycles. The van der Waals surface area contributed by atoms with E-state index in [4.69, 9.17) is 27.9 Å². The number of ether oxygens (including phenoxy) is 1. The summed E-state index contributed by atoms with van der Waals surface area (Å²) >= 11 is 11.8. The van der Waals surface area contributed by atoms with Crippen LogP contribution < -0.4 is 0 Å². The molecule has 6 heteroatoms. The number of imidazole rings is 1. The van der Waals surface area contributed by atoms with Crippen molar-refractivity contribution in [2.75, 3.05) is 19.1 Å². The smallest absolute Gasteiger partial charge is 0.160 e. The van der Waals surface area contributed by atoms with E-state index in [1.165, 1.54) is 0 Å². The highest BCUT2D eigenvalue weighted by atomic mass is 35.5. The van der Waals surface area contributed by atoms with E-state index in [2.05, 4.69) is 21.5 Å². The first kappa shape index (κ1) is 15.5. The highest BCUT2D eigenvalue weighted by molar-refractivity contribution is 6.31. The highest BCUT2D eigenvalue weighted by Crippen LogP contribution is 2.18. The molecule has 110 valence electrons. The number of hydrogen-bond acceptors (Lipinski definition) is 3. The maximum absolute atomic E-state index is 5.96. The third-order valence-electron chi connectivity index (χ3n) is 3.05. The maximum Gasteiger partial charge on any atom is 0.160 e. The number of halogens is 2. The summed E-state index contributed by atoms with van der Waals surface area (Å²) in [5, 5.41) is 0.596. The van der Waals surface area contributed by atoms with Gasteiger partial charge in [-0.1, -0.05) is 24.9 Å². The number of unbranched alkanes of at least 4 members (excludes halogenated alkanes) is 1. The Bertz CT molecular complexity index is 557. The second-order valence-electron chi connectivity index (χ2n) is 4.58. The topological polar surface area (TPSA) is 39.9 Å². The van der Waals surface area contributed by atoms with Crippen molar-refractivity contribution in [1.29, 1.82) is 0 Å². The van der Waals surface area contributed by atoms with E-state index in [1.807, 2.05) is 6.07 Å². The average Bonchev–Trinajstić information content (AvgIpc) is 2.76. The Morgan fingerprint density at radius 1 is 1.35 bits per heavy atom. The monoisotopic (exact) mass is 315 g/mol. The molecule has 4 nitrogen and oxygen atoms in total. The van der Waals surface area contributed by atoms with Crippen LogP contribution in [-0.4, -0.2) is 33.6 Å². The quantitative estimate of drug-likeness (QED) is 0.551. The Morgan fingerprint density at radius 3 is 2.95 bits per heavy atom. The molecule has 0 unspecified atom stereocenters. The molecule has 0 bridgehead atoms. The van der Waals surface area contributed by atoms with E-state index in [9.17, 15) is 0 Å². The summed E-state index contributed by atoms with van der Waals surface area (Å²) in [6.45, 7) is 4.35. The van der Waals surface area contributed by atoms with Crippen molar-refractivity contribution in [3.8, 4) is 0 Å². The first-order valence-electron chi connectivity index (χ1n) is 6.90. The van der Waals surface area contributed by atoms with E-state index in [-0.39, 0.29) is 0 Å². The standard InChI is InChI=1S/C14H19Cl2N3O/c1-2-3-7-20-8-6-19-13(4-5-15)18-12-9-11(16)10-17-14(12)19/h9-10H,2-8H2,1H3. The van der Waals surface area contributed by atoms with E-state index in [1.54, 1.807) is 6.20 Å². The molecule has 2 aromatic heterocycles. The second-order valence-corrected chi connectivity index (χ2v) is 5.40. The lowest BCUT2D eigenvalue weighted by atomic mass is 10.4. The fourth-order valence-corrected chi connectivity index (χ4v) is 2.37. The summed E-state index contributed by atoms with van der Waals surface area (Å²) < 4.78 is 7.69. The van der Waals surface area contributed by atoms with Crippen molar-refractivity contribution in [3.63, 3.8) is 0 Å². The van der Waals surface area contributed by atoms with Gasteiger partial charge in [0.05, 0.1) is 11.6 Å². The lowest BCUT2D eigenvalue weighted by Crippen LogP contribution is -2.11. The predicted octanol–water partition coefficient (Wildman–Crippen LogP) is 3.68. The average molecular weight is 316 g/mol. The Morgan fingerprint density at radius 2 is 2.20 bits per heavy atom. The number of fused-ring (bicyclic) bond motifs is 1. The van der Waals surface area contributed by atoms with Gasteiger partial charge in [-0.2, -0.15) is 0 Å². The Balaban J connectivity index is 2.13. The molecule has 0 amide bonds. The molecule has 0 radical (unpaired) electrons. The minimum Gasteiger partial charge on any atom is -0.380 e. The van der Waals surface area contributed by atoms with E-state index >= 15 is 0 Å². The van der Waals surface area contributed by atoms with Crippen molar-refractivity contribution >= 4 is 34.4 Å². The van der Waals surface area contributed by atoms with Gasteiger partial charge in [0.25, 0.3) is 0 Å². The third-order valence-corrected chi connectivity index (χ3v) is 3.45. The largest absolute Gasteiger partial charge is 0.380 e. The highest BCUT2D eigenvalue weighted by Gasteiger charge is 2.11. The van der Waals surface area contributed by atoms with Crippen LogP contribution in [0, 0.1) is 0 Å². The lowest BCUT2D eigenvalue weighted by Gasteiger charge is -2.08. The fourth-order valence-electron chi connectivity index (χ4n) is 2.05. The van der Waals surface area contributed by atoms with Crippen LogP contribution in [0.15, 0.2) is 12.3 Å². The van der Waals surface area contributed by atoms with Crippen LogP contribution >= 0.6 is 23.2 Å². The first-order chi connectivity index (χ1) is 9.76. The van der Waals surface area contributed by atoms with Crippen molar-refractivity contribution in [1.82, 2.24) is 14.5 Å². The molecular weight excluding hydrogens is 297 g/mol. The lowest BCUT2D eigenvalue weighted by molar-refractivity contribution is 0.123. The number of nitrogens with zero attached hydrogens (tertiary/aromatic N) is 3. The van der Waals surface area contributed by atoms with Crippen LogP contribution in [0.3, 0.4) is 0 Å². The summed E-state index contributed by atoms with van der Waals surface area (Å²) in [7, 11) is 0. The third kappa shape index (κ3) is 3.84. The van der Waals surface area contributed by atoms with Gasteiger partial charge in [0.2, 0.25) is 0 Å². The first-order valence-corrected chi connectivity index (χ1v) is 7.82. The molecule has 0 aliphatic heterocycles. The zero-order chi connectivity index (χ0) is 14.4. The minimum absolute atomic E-state index is 0.535. The molecule has 0 saturated carbocycles. The van der Waals surface area contributed by atoms with Crippen LogP contribution in [0.25, 0.3) is 11.2 Å². The molecule has 2 aromatic rings. The van der Waals surface area contributed by atoms with E-state index < -0.39 is 0 Å². The van der Waals surface area contributed by atoms with Crippen LogP contribution in [0.1, 0.15) is 25.6 Å². The molecule has 0 atom stereocenters. The van der Waals surface area contributed by atoms with Gasteiger partial charge < -0.3 is 9.30 Å². The van der Waals surface area contributed by atoms with Gasteiger partial charge in [-0.15, -0.1) is 11.6 Å². The normalized spacial score (nSPS) is 11.3.